The number of hydrogen-bond acceptors (Lipinski definition) is 3. The maximum absolute atomic E-state index is 11.0. The Labute approximate surface area is 111 Å². The molecule has 0 aliphatic carbocycles. The fourth-order valence-corrected chi connectivity index (χ4v) is 2.05. The average molecular weight is 265 g/mol. The largest absolute Gasteiger partial charge is 0.380 e. The molecule has 2 aromatic rings. The molecule has 0 saturated carbocycles. The van der Waals surface area contributed by atoms with Crippen LogP contribution >= 0.6 is 11.6 Å². The van der Waals surface area contributed by atoms with E-state index in [-0.39, 0.29) is 0 Å². The lowest BCUT2D eigenvalue weighted by Gasteiger charge is -2.07. The second-order valence-electron chi connectivity index (χ2n) is 4.03. The Balaban J connectivity index is 2.47. The first-order valence-electron chi connectivity index (χ1n) is 5.86. The molecule has 0 bridgehead atoms. The number of ether oxygens (including phenoxy) is 1. The SMILES string of the molecule is Bc1cc2c(cc1Cl)nc(C=O)n2CCOCC. The van der Waals surface area contributed by atoms with Crippen molar-refractivity contribution in [3.63, 3.8) is 0 Å². The Morgan fingerprint density at radius 2 is 2.33 bits per heavy atom. The summed E-state index contributed by atoms with van der Waals surface area (Å²) in [5.41, 5.74) is 2.63. The number of imidazole rings is 1. The van der Waals surface area contributed by atoms with Crippen LogP contribution < -0.4 is 5.46 Å². The van der Waals surface area contributed by atoms with Gasteiger partial charge in [0, 0.05) is 18.2 Å². The minimum Gasteiger partial charge on any atom is -0.380 e. The zero-order valence-electron chi connectivity index (χ0n) is 10.4. The molecule has 0 aliphatic heterocycles. The predicted molar refractivity (Wildman–Crippen MR) is 74.8 cm³/mol. The zero-order valence-corrected chi connectivity index (χ0v) is 11.2. The molecule has 0 aliphatic rings. The number of hydrogen-bond donors (Lipinski definition) is 0. The van der Waals surface area contributed by atoms with Crippen LogP contribution in [0.25, 0.3) is 11.0 Å². The Morgan fingerprint density at radius 1 is 1.56 bits per heavy atom. The van der Waals surface area contributed by atoms with Crippen molar-refractivity contribution in [3.05, 3.63) is 23.0 Å². The monoisotopic (exact) mass is 264 g/mol. The van der Waals surface area contributed by atoms with E-state index in [0.29, 0.717) is 30.6 Å². The van der Waals surface area contributed by atoms with Crippen molar-refractivity contribution in [3.8, 4) is 0 Å². The Kier molecular flexibility index (Phi) is 4.04. The van der Waals surface area contributed by atoms with Crippen molar-refractivity contribution in [1.29, 1.82) is 0 Å². The molecule has 1 aromatic carbocycles. The van der Waals surface area contributed by atoms with Crippen LogP contribution in [0.4, 0.5) is 0 Å². The normalized spacial score (nSPS) is 11.0. The highest BCUT2D eigenvalue weighted by Gasteiger charge is 2.11. The van der Waals surface area contributed by atoms with E-state index in [1.807, 2.05) is 25.4 Å². The number of rotatable bonds is 5. The third-order valence-electron chi connectivity index (χ3n) is 2.83. The van der Waals surface area contributed by atoms with Gasteiger partial charge in [-0.25, -0.2) is 4.98 Å². The van der Waals surface area contributed by atoms with Crippen molar-refractivity contribution in [2.75, 3.05) is 13.2 Å². The molecule has 1 aromatic heterocycles. The van der Waals surface area contributed by atoms with Gasteiger partial charge in [0.25, 0.3) is 0 Å². The molecule has 18 heavy (non-hydrogen) atoms. The lowest BCUT2D eigenvalue weighted by atomic mass is 9.96. The molecule has 0 saturated heterocycles. The van der Waals surface area contributed by atoms with Crippen molar-refractivity contribution < 1.29 is 9.53 Å². The van der Waals surface area contributed by atoms with Crippen LogP contribution in [0.3, 0.4) is 0 Å². The lowest BCUT2D eigenvalue weighted by Crippen LogP contribution is -2.10. The highest BCUT2D eigenvalue weighted by Crippen LogP contribution is 2.18. The summed E-state index contributed by atoms with van der Waals surface area (Å²) in [6, 6.07) is 3.74. The number of carbonyl (C=O) groups excluding carboxylic acids is 1. The number of fused-ring (bicyclic) bond motifs is 1. The smallest absolute Gasteiger partial charge is 0.185 e. The topological polar surface area (TPSA) is 44.1 Å². The van der Waals surface area contributed by atoms with Crippen LogP contribution in [0.15, 0.2) is 12.1 Å². The van der Waals surface area contributed by atoms with Crippen LogP contribution in [-0.2, 0) is 11.3 Å². The molecule has 0 spiro atoms. The molecular formula is C12H14BClN2O2. The standard InChI is InChI=1S/C12H14BClN2O2/c1-2-18-4-3-16-11-5-8(13)9(14)6-10(11)15-12(16)7-17/h5-7H,2-4,13H2,1H3. The van der Waals surface area contributed by atoms with E-state index in [4.69, 9.17) is 16.3 Å². The van der Waals surface area contributed by atoms with E-state index in [2.05, 4.69) is 4.98 Å². The van der Waals surface area contributed by atoms with Crippen LogP contribution in [-0.4, -0.2) is 36.9 Å². The second kappa shape index (κ2) is 5.54. The Bertz CT molecular complexity index is 583. The number of aldehydes is 1. The number of halogens is 1. The van der Waals surface area contributed by atoms with Crippen LogP contribution in [0.5, 0.6) is 0 Å². The van der Waals surface area contributed by atoms with E-state index >= 15 is 0 Å². The summed E-state index contributed by atoms with van der Waals surface area (Å²) in [7, 11) is 1.93. The maximum atomic E-state index is 11.0. The van der Waals surface area contributed by atoms with Gasteiger partial charge in [0.15, 0.2) is 12.1 Å². The number of carbonyl (C=O) groups is 1. The van der Waals surface area contributed by atoms with E-state index < -0.39 is 0 Å². The zero-order chi connectivity index (χ0) is 13.1. The van der Waals surface area contributed by atoms with Gasteiger partial charge in [-0.15, -0.1) is 0 Å². The molecule has 94 valence electrons. The van der Waals surface area contributed by atoms with E-state index in [1.54, 1.807) is 6.07 Å². The van der Waals surface area contributed by atoms with Crippen LogP contribution in [0.1, 0.15) is 17.5 Å². The van der Waals surface area contributed by atoms with Crippen molar-refractivity contribution >= 4 is 42.2 Å². The molecule has 0 amide bonds. The fourth-order valence-electron chi connectivity index (χ4n) is 1.89. The number of nitrogens with zero attached hydrogens (tertiary/aromatic N) is 2. The highest BCUT2D eigenvalue weighted by atomic mass is 35.5. The van der Waals surface area contributed by atoms with Crippen LogP contribution in [0.2, 0.25) is 5.02 Å². The predicted octanol–water partition coefficient (Wildman–Crippen LogP) is 0.797. The van der Waals surface area contributed by atoms with Crippen molar-refractivity contribution in [2.45, 2.75) is 13.5 Å². The summed E-state index contributed by atoms with van der Waals surface area (Å²) in [4.78, 5) is 15.3. The van der Waals surface area contributed by atoms with Gasteiger partial charge in [-0.1, -0.05) is 17.1 Å². The van der Waals surface area contributed by atoms with Gasteiger partial charge in [-0.05, 0) is 19.1 Å². The summed E-state index contributed by atoms with van der Waals surface area (Å²) in [6.07, 6.45) is 0.759. The summed E-state index contributed by atoms with van der Waals surface area (Å²) in [5, 5.41) is 0.661. The summed E-state index contributed by atoms with van der Waals surface area (Å²) in [6.45, 7) is 3.77. The number of benzene rings is 1. The van der Waals surface area contributed by atoms with Gasteiger partial charge >= 0.3 is 0 Å². The van der Waals surface area contributed by atoms with E-state index in [9.17, 15) is 4.79 Å². The Hall–Kier alpha value is -1.33. The van der Waals surface area contributed by atoms with E-state index in [0.717, 1.165) is 22.8 Å². The first kappa shape index (κ1) is 13.1. The fraction of sp³-hybridized carbons (Fsp3) is 0.333. The molecular weight excluding hydrogens is 250 g/mol. The summed E-state index contributed by atoms with van der Waals surface area (Å²) in [5.74, 6) is 0.409. The first-order chi connectivity index (χ1) is 8.67. The minimum atomic E-state index is 0.409. The third kappa shape index (κ3) is 2.42. The quantitative estimate of drug-likeness (QED) is 0.456. The van der Waals surface area contributed by atoms with Gasteiger partial charge in [-0.3, -0.25) is 4.79 Å². The molecule has 0 unspecified atom stereocenters. The van der Waals surface area contributed by atoms with Gasteiger partial charge < -0.3 is 9.30 Å². The van der Waals surface area contributed by atoms with E-state index in [1.165, 1.54) is 0 Å². The molecule has 4 nitrogen and oxygen atoms in total. The molecule has 0 radical (unpaired) electrons. The molecule has 1 heterocycles. The average Bonchev–Trinajstić information content (AvgIpc) is 2.68. The summed E-state index contributed by atoms with van der Waals surface area (Å²) < 4.78 is 7.18. The van der Waals surface area contributed by atoms with Gasteiger partial charge in [-0.2, -0.15) is 0 Å². The third-order valence-corrected chi connectivity index (χ3v) is 3.23. The lowest BCUT2D eigenvalue weighted by molar-refractivity contribution is 0.110. The van der Waals surface area contributed by atoms with Crippen LogP contribution in [0, 0.1) is 0 Å². The molecule has 0 N–H and O–H groups in total. The second-order valence-corrected chi connectivity index (χ2v) is 4.43. The summed E-state index contributed by atoms with van der Waals surface area (Å²) >= 11 is 6.06. The molecule has 0 atom stereocenters. The van der Waals surface area contributed by atoms with Gasteiger partial charge in [0.1, 0.15) is 7.85 Å². The van der Waals surface area contributed by atoms with Crippen molar-refractivity contribution in [1.82, 2.24) is 9.55 Å². The number of aromatic nitrogens is 2. The Morgan fingerprint density at radius 3 is 3.00 bits per heavy atom. The van der Waals surface area contributed by atoms with Crippen molar-refractivity contribution in [2.24, 2.45) is 0 Å². The first-order valence-corrected chi connectivity index (χ1v) is 6.24. The maximum Gasteiger partial charge on any atom is 0.185 e. The highest BCUT2D eigenvalue weighted by molar-refractivity contribution is 6.45. The molecule has 2 rings (SSSR count). The molecule has 0 fully saturated rings. The minimum absolute atomic E-state index is 0.409. The molecule has 6 heteroatoms. The van der Waals surface area contributed by atoms with Gasteiger partial charge in [0.05, 0.1) is 17.6 Å². The van der Waals surface area contributed by atoms with Gasteiger partial charge in [0.2, 0.25) is 0 Å².